The Bertz CT molecular complexity index is 1210. The largest absolute Gasteiger partial charge is 0.411 e. The number of fused-ring (bicyclic) bond motifs is 3. The van der Waals surface area contributed by atoms with E-state index >= 15 is 0 Å². The lowest BCUT2D eigenvalue weighted by atomic mass is 10.0. The lowest BCUT2D eigenvalue weighted by Gasteiger charge is -2.09. The van der Waals surface area contributed by atoms with Gasteiger partial charge in [-0.3, -0.25) is 9.20 Å². The highest BCUT2D eigenvalue weighted by Crippen LogP contribution is 2.29. The van der Waals surface area contributed by atoms with E-state index < -0.39 is 0 Å². The van der Waals surface area contributed by atoms with Crippen molar-refractivity contribution in [2.45, 2.75) is 36.7 Å². The van der Waals surface area contributed by atoms with E-state index in [0.717, 1.165) is 41.2 Å². The molecule has 0 saturated heterocycles. The summed E-state index contributed by atoms with van der Waals surface area (Å²) >= 11 is 8.91. The number of aromatic nitrogens is 4. The molecular formula is C19H15ClN4O2S2. The molecule has 1 aliphatic rings. The summed E-state index contributed by atoms with van der Waals surface area (Å²) in [4.78, 5) is 19.4. The third-order valence-corrected chi connectivity index (χ3v) is 6.90. The van der Waals surface area contributed by atoms with Crippen molar-refractivity contribution in [2.24, 2.45) is 0 Å². The van der Waals surface area contributed by atoms with E-state index in [1.54, 1.807) is 33.9 Å². The molecule has 0 aliphatic heterocycles. The van der Waals surface area contributed by atoms with Gasteiger partial charge in [-0.05, 0) is 49.9 Å². The first-order valence-corrected chi connectivity index (χ1v) is 11.1. The van der Waals surface area contributed by atoms with Gasteiger partial charge in [-0.1, -0.05) is 23.4 Å². The second kappa shape index (κ2) is 7.35. The third-order valence-electron chi connectivity index (χ3n) is 4.66. The highest BCUT2D eigenvalue weighted by atomic mass is 35.5. The number of hydrogen-bond acceptors (Lipinski definition) is 7. The van der Waals surface area contributed by atoms with E-state index in [9.17, 15) is 4.79 Å². The average molecular weight is 431 g/mol. The van der Waals surface area contributed by atoms with Crippen LogP contribution in [0.2, 0.25) is 5.02 Å². The second-order valence-corrected chi connectivity index (χ2v) is 8.98. The Labute approximate surface area is 173 Å². The summed E-state index contributed by atoms with van der Waals surface area (Å²) in [7, 11) is 0. The van der Waals surface area contributed by atoms with Crippen LogP contribution in [0, 0.1) is 0 Å². The SMILES string of the molecule is O=c1cc(CSc2nnc(-c3ccc(Cl)cc3)o2)nc2sc3c(n12)CCCC3. The molecule has 28 heavy (non-hydrogen) atoms. The van der Waals surface area contributed by atoms with Gasteiger partial charge in [0.2, 0.25) is 5.89 Å². The maximum absolute atomic E-state index is 12.6. The van der Waals surface area contributed by atoms with Gasteiger partial charge in [-0.15, -0.1) is 21.5 Å². The molecule has 5 rings (SSSR count). The fraction of sp³-hybridized carbons (Fsp3) is 0.263. The van der Waals surface area contributed by atoms with Gasteiger partial charge in [0, 0.05) is 33.0 Å². The van der Waals surface area contributed by atoms with Crippen LogP contribution in [0.3, 0.4) is 0 Å². The predicted molar refractivity (Wildman–Crippen MR) is 110 cm³/mol. The molecule has 0 unspecified atom stereocenters. The normalized spacial score (nSPS) is 13.8. The van der Waals surface area contributed by atoms with Crippen molar-refractivity contribution in [1.29, 1.82) is 0 Å². The van der Waals surface area contributed by atoms with Crippen LogP contribution < -0.4 is 5.56 Å². The Morgan fingerprint density at radius 1 is 1.18 bits per heavy atom. The highest BCUT2D eigenvalue weighted by molar-refractivity contribution is 7.98. The Morgan fingerprint density at radius 3 is 2.86 bits per heavy atom. The topological polar surface area (TPSA) is 73.3 Å². The molecule has 0 amide bonds. The quantitative estimate of drug-likeness (QED) is 0.439. The van der Waals surface area contributed by atoms with Crippen LogP contribution in [0.4, 0.5) is 0 Å². The summed E-state index contributed by atoms with van der Waals surface area (Å²) < 4.78 is 7.48. The first kappa shape index (κ1) is 17.9. The van der Waals surface area contributed by atoms with E-state index in [2.05, 4.69) is 15.2 Å². The molecule has 0 radical (unpaired) electrons. The molecule has 1 aromatic carbocycles. The minimum Gasteiger partial charge on any atom is -0.411 e. The van der Waals surface area contributed by atoms with Crippen LogP contribution in [0.25, 0.3) is 16.4 Å². The first-order chi connectivity index (χ1) is 13.7. The Hall–Kier alpha value is -2.16. The van der Waals surface area contributed by atoms with Gasteiger partial charge < -0.3 is 4.42 Å². The van der Waals surface area contributed by atoms with Crippen molar-refractivity contribution in [2.75, 3.05) is 0 Å². The van der Waals surface area contributed by atoms with Crippen LogP contribution in [0.5, 0.6) is 0 Å². The molecule has 9 heteroatoms. The van der Waals surface area contributed by atoms with Crippen molar-refractivity contribution in [3.05, 3.63) is 62.0 Å². The van der Waals surface area contributed by atoms with Crippen molar-refractivity contribution >= 4 is 39.7 Å². The van der Waals surface area contributed by atoms with Crippen molar-refractivity contribution in [3.8, 4) is 11.5 Å². The number of thiazole rings is 1. The summed E-state index contributed by atoms with van der Waals surface area (Å²) in [5.74, 6) is 0.935. The van der Waals surface area contributed by atoms with E-state index in [-0.39, 0.29) is 5.56 Å². The summed E-state index contributed by atoms with van der Waals surface area (Å²) in [6.07, 6.45) is 4.32. The summed E-state index contributed by atoms with van der Waals surface area (Å²) in [5, 5.41) is 9.24. The number of rotatable bonds is 4. The van der Waals surface area contributed by atoms with E-state index in [0.29, 0.717) is 21.9 Å². The Kier molecular flexibility index (Phi) is 4.70. The van der Waals surface area contributed by atoms with Crippen LogP contribution in [-0.2, 0) is 18.6 Å². The molecule has 3 aromatic heterocycles. The first-order valence-electron chi connectivity index (χ1n) is 8.93. The number of thioether (sulfide) groups is 1. The van der Waals surface area contributed by atoms with Crippen LogP contribution >= 0.6 is 34.7 Å². The summed E-state index contributed by atoms with van der Waals surface area (Å²) in [6.45, 7) is 0. The predicted octanol–water partition coefficient (Wildman–Crippen LogP) is 4.63. The molecule has 1 aliphatic carbocycles. The number of nitrogens with zero attached hydrogens (tertiary/aromatic N) is 4. The molecule has 0 bridgehead atoms. The third kappa shape index (κ3) is 3.36. The fourth-order valence-electron chi connectivity index (χ4n) is 3.33. The molecule has 0 atom stereocenters. The molecule has 0 N–H and O–H groups in total. The van der Waals surface area contributed by atoms with Gasteiger partial charge in [0.25, 0.3) is 10.8 Å². The second-order valence-electron chi connectivity index (χ2n) is 6.55. The Balaban J connectivity index is 1.36. The smallest absolute Gasteiger partial charge is 0.277 e. The average Bonchev–Trinajstić information content (AvgIpc) is 3.31. The van der Waals surface area contributed by atoms with Gasteiger partial charge in [-0.25, -0.2) is 4.98 Å². The molecule has 4 aromatic rings. The van der Waals surface area contributed by atoms with Crippen LogP contribution in [-0.4, -0.2) is 19.6 Å². The number of aryl methyl sites for hydroxylation is 2. The number of hydrogen-bond donors (Lipinski definition) is 0. The van der Waals surface area contributed by atoms with Gasteiger partial charge >= 0.3 is 0 Å². The summed E-state index contributed by atoms with van der Waals surface area (Å²) in [6, 6.07) is 8.83. The molecule has 3 heterocycles. The number of halogens is 1. The molecular weight excluding hydrogens is 416 g/mol. The lowest BCUT2D eigenvalue weighted by Crippen LogP contribution is -2.17. The van der Waals surface area contributed by atoms with Crippen LogP contribution in [0.15, 0.2) is 44.8 Å². The fourth-order valence-corrected chi connectivity index (χ4v) is 5.34. The monoisotopic (exact) mass is 430 g/mol. The highest BCUT2D eigenvalue weighted by Gasteiger charge is 2.19. The van der Waals surface area contributed by atoms with E-state index in [1.807, 2.05) is 12.1 Å². The maximum atomic E-state index is 12.6. The maximum Gasteiger partial charge on any atom is 0.277 e. The molecule has 6 nitrogen and oxygen atoms in total. The van der Waals surface area contributed by atoms with E-state index in [4.69, 9.17) is 16.0 Å². The lowest BCUT2D eigenvalue weighted by molar-refractivity contribution is 0.466. The Morgan fingerprint density at radius 2 is 2.00 bits per heavy atom. The zero-order chi connectivity index (χ0) is 19.1. The van der Waals surface area contributed by atoms with Gasteiger partial charge in [0.15, 0.2) is 4.96 Å². The molecule has 0 spiro atoms. The van der Waals surface area contributed by atoms with Crippen LogP contribution in [0.1, 0.15) is 29.1 Å². The van der Waals surface area contributed by atoms with Gasteiger partial charge in [0.05, 0.1) is 5.69 Å². The minimum absolute atomic E-state index is 0.00705. The zero-order valence-electron chi connectivity index (χ0n) is 14.7. The standard InChI is InChI=1S/C19H15ClN4O2S2/c20-12-7-5-11(6-8-12)17-22-23-19(26-17)27-10-13-9-16(25)24-14-3-1-2-4-15(14)28-18(24)21-13/h5-9H,1-4,10H2. The molecule has 0 fully saturated rings. The number of benzene rings is 1. The zero-order valence-corrected chi connectivity index (χ0v) is 17.1. The van der Waals surface area contributed by atoms with Crippen molar-refractivity contribution < 1.29 is 4.42 Å². The van der Waals surface area contributed by atoms with Crippen molar-refractivity contribution in [1.82, 2.24) is 19.6 Å². The van der Waals surface area contributed by atoms with Crippen molar-refractivity contribution in [3.63, 3.8) is 0 Å². The minimum atomic E-state index is -0.00705. The molecule has 142 valence electrons. The molecule has 0 saturated carbocycles. The van der Waals surface area contributed by atoms with E-state index in [1.165, 1.54) is 23.1 Å². The van der Waals surface area contributed by atoms with Gasteiger partial charge in [-0.2, -0.15) is 0 Å². The summed E-state index contributed by atoms with van der Waals surface area (Å²) in [5.41, 5.74) is 2.67. The van der Waals surface area contributed by atoms with Gasteiger partial charge in [0.1, 0.15) is 0 Å².